The number of pyridine rings is 1. The van der Waals surface area contributed by atoms with Crippen LogP contribution < -0.4 is 10.6 Å². The van der Waals surface area contributed by atoms with Gasteiger partial charge in [-0.15, -0.1) is 11.8 Å². The fourth-order valence-electron chi connectivity index (χ4n) is 3.67. The number of carbonyl (C=O) groups excluding carboxylic acids is 1. The average molecular weight is 439 g/mol. The van der Waals surface area contributed by atoms with Crippen LogP contribution >= 0.6 is 11.8 Å². The normalized spacial score (nSPS) is 15.7. The molecule has 1 aliphatic rings. The molecule has 1 atom stereocenters. The maximum atomic E-state index is 13.3. The lowest BCUT2D eigenvalue weighted by atomic mass is 9.82. The van der Waals surface area contributed by atoms with Crippen molar-refractivity contribution in [1.29, 1.82) is 5.26 Å². The smallest absolute Gasteiger partial charge is 0.254 e. The second kappa shape index (κ2) is 9.99. The van der Waals surface area contributed by atoms with Gasteiger partial charge in [-0.2, -0.15) is 5.26 Å². The number of dihydropyridines is 1. The van der Waals surface area contributed by atoms with Gasteiger partial charge in [0, 0.05) is 35.1 Å². The third-order valence-electron chi connectivity index (χ3n) is 5.19. The van der Waals surface area contributed by atoms with E-state index in [1.165, 1.54) is 5.56 Å². The second-order valence-corrected chi connectivity index (χ2v) is 8.31. The number of nitriles is 1. The summed E-state index contributed by atoms with van der Waals surface area (Å²) in [6.45, 7) is 1.88. The highest BCUT2D eigenvalue weighted by molar-refractivity contribution is 8.02. The van der Waals surface area contributed by atoms with E-state index in [2.05, 4.69) is 33.8 Å². The van der Waals surface area contributed by atoms with Crippen LogP contribution in [0.3, 0.4) is 0 Å². The van der Waals surface area contributed by atoms with Crippen molar-refractivity contribution in [1.82, 2.24) is 10.3 Å². The number of para-hydroxylation sites is 1. The molecule has 32 heavy (non-hydrogen) atoms. The molecule has 2 heterocycles. The molecule has 1 aromatic heterocycles. The monoisotopic (exact) mass is 438 g/mol. The molecule has 3 aromatic rings. The largest absolute Gasteiger partial charge is 0.353 e. The Hall–Kier alpha value is -3.82. The number of nitrogens with zero attached hydrogens (tertiary/aromatic N) is 2. The van der Waals surface area contributed by atoms with Crippen LogP contribution in [0.4, 0.5) is 5.69 Å². The molecular weight excluding hydrogens is 416 g/mol. The average Bonchev–Trinajstić information content (AvgIpc) is 2.84. The maximum Gasteiger partial charge on any atom is 0.254 e. The number of carbonyl (C=O) groups is 1. The van der Waals surface area contributed by atoms with Crippen molar-refractivity contribution in [2.75, 3.05) is 5.32 Å². The first-order valence-corrected chi connectivity index (χ1v) is 11.2. The number of anilines is 1. The van der Waals surface area contributed by atoms with Gasteiger partial charge in [0.25, 0.3) is 5.91 Å². The van der Waals surface area contributed by atoms with E-state index < -0.39 is 5.92 Å². The zero-order chi connectivity index (χ0) is 22.3. The van der Waals surface area contributed by atoms with Gasteiger partial charge in [0.1, 0.15) is 0 Å². The lowest BCUT2D eigenvalue weighted by Gasteiger charge is -2.30. The van der Waals surface area contributed by atoms with Gasteiger partial charge in [-0.1, -0.05) is 48.5 Å². The first-order chi connectivity index (χ1) is 15.7. The molecule has 0 fully saturated rings. The molecule has 0 spiro atoms. The number of rotatable bonds is 6. The van der Waals surface area contributed by atoms with Crippen LogP contribution in [0, 0.1) is 11.3 Å². The van der Waals surface area contributed by atoms with E-state index in [0.717, 1.165) is 22.0 Å². The Bertz CT molecular complexity index is 1200. The molecule has 1 aliphatic heterocycles. The van der Waals surface area contributed by atoms with E-state index in [9.17, 15) is 10.1 Å². The quantitative estimate of drug-likeness (QED) is 0.542. The van der Waals surface area contributed by atoms with Crippen LogP contribution in [0.15, 0.2) is 107 Å². The van der Waals surface area contributed by atoms with Crippen molar-refractivity contribution < 1.29 is 4.79 Å². The molecule has 5 nitrogen and oxygen atoms in total. The standard InChI is InChI=1S/C26H22N4OS/c1-18-23(25(31)30-21-10-6-3-7-11-21)24(20-12-14-28-15-13-20)22(16-27)26(29-18)32-17-19-8-4-2-5-9-19/h2-15,24,29H,17H2,1H3,(H,30,31). The molecule has 0 saturated heterocycles. The molecule has 1 unspecified atom stereocenters. The van der Waals surface area contributed by atoms with Gasteiger partial charge < -0.3 is 10.6 Å². The Morgan fingerprint density at radius 3 is 2.38 bits per heavy atom. The van der Waals surface area contributed by atoms with E-state index in [1.807, 2.05) is 67.6 Å². The SMILES string of the molecule is CC1=C(C(=O)Nc2ccccc2)C(c2ccncc2)C(C#N)=C(SCc2ccccc2)N1. The molecule has 0 bridgehead atoms. The topological polar surface area (TPSA) is 77.8 Å². The Balaban J connectivity index is 1.70. The number of benzene rings is 2. The maximum absolute atomic E-state index is 13.3. The van der Waals surface area contributed by atoms with Gasteiger partial charge in [0.05, 0.1) is 22.6 Å². The number of hydrogen-bond donors (Lipinski definition) is 2. The lowest BCUT2D eigenvalue weighted by Crippen LogP contribution is -2.30. The van der Waals surface area contributed by atoms with Crippen LogP contribution in [0.25, 0.3) is 0 Å². The molecule has 0 saturated carbocycles. The van der Waals surface area contributed by atoms with Crippen LogP contribution in [-0.4, -0.2) is 10.9 Å². The van der Waals surface area contributed by atoms with Crippen molar-refractivity contribution in [2.45, 2.75) is 18.6 Å². The fourth-order valence-corrected chi connectivity index (χ4v) is 4.71. The number of aromatic nitrogens is 1. The van der Waals surface area contributed by atoms with E-state index in [-0.39, 0.29) is 5.91 Å². The van der Waals surface area contributed by atoms with Gasteiger partial charge in [-0.05, 0) is 42.3 Å². The number of allylic oxidation sites excluding steroid dienone is 2. The Labute approximate surface area is 191 Å². The van der Waals surface area contributed by atoms with Gasteiger partial charge in [-0.3, -0.25) is 9.78 Å². The molecule has 1 amide bonds. The highest BCUT2D eigenvalue weighted by Gasteiger charge is 2.34. The second-order valence-electron chi connectivity index (χ2n) is 7.33. The Morgan fingerprint density at radius 1 is 1.06 bits per heavy atom. The Morgan fingerprint density at radius 2 is 1.72 bits per heavy atom. The zero-order valence-corrected chi connectivity index (χ0v) is 18.4. The van der Waals surface area contributed by atoms with Crippen LogP contribution in [-0.2, 0) is 10.5 Å². The van der Waals surface area contributed by atoms with Crippen molar-refractivity contribution in [3.8, 4) is 6.07 Å². The molecule has 0 radical (unpaired) electrons. The predicted octanol–water partition coefficient (Wildman–Crippen LogP) is 5.35. The van der Waals surface area contributed by atoms with Gasteiger partial charge in [0.2, 0.25) is 0 Å². The fraction of sp³-hybridized carbons (Fsp3) is 0.115. The van der Waals surface area contributed by atoms with Crippen molar-refractivity contribution in [3.05, 3.63) is 118 Å². The van der Waals surface area contributed by atoms with E-state index in [1.54, 1.807) is 24.2 Å². The summed E-state index contributed by atoms with van der Waals surface area (Å²) in [5, 5.41) is 17.2. The summed E-state index contributed by atoms with van der Waals surface area (Å²) in [5.41, 5.74) is 4.52. The van der Waals surface area contributed by atoms with E-state index in [4.69, 9.17) is 0 Å². The molecule has 6 heteroatoms. The summed E-state index contributed by atoms with van der Waals surface area (Å²) in [7, 11) is 0. The summed E-state index contributed by atoms with van der Waals surface area (Å²) in [6.07, 6.45) is 3.37. The first-order valence-electron chi connectivity index (χ1n) is 10.2. The third-order valence-corrected chi connectivity index (χ3v) is 6.28. The summed E-state index contributed by atoms with van der Waals surface area (Å²) >= 11 is 1.57. The highest BCUT2D eigenvalue weighted by atomic mass is 32.2. The molecule has 4 rings (SSSR count). The summed E-state index contributed by atoms with van der Waals surface area (Å²) in [5.74, 6) is 0.00471. The van der Waals surface area contributed by atoms with Gasteiger partial charge in [0.15, 0.2) is 0 Å². The van der Waals surface area contributed by atoms with Crippen LogP contribution in [0.1, 0.15) is 24.0 Å². The first kappa shape index (κ1) is 21.4. The van der Waals surface area contributed by atoms with Gasteiger partial charge in [-0.25, -0.2) is 0 Å². The number of nitrogens with one attached hydrogen (secondary N) is 2. The minimum atomic E-state index is -0.480. The minimum absolute atomic E-state index is 0.233. The number of hydrogen-bond acceptors (Lipinski definition) is 5. The molecule has 158 valence electrons. The number of thioether (sulfide) groups is 1. The zero-order valence-electron chi connectivity index (χ0n) is 17.6. The molecular formula is C26H22N4OS. The van der Waals surface area contributed by atoms with Crippen LogP contribution in [0.5, 0.6) is 0 Å². The van der Waals surface area contributed by atoms with E-state index >= 15 is 0 Å². The third kappa shape index (κ3) is 4.74. The van der Waals surface area contributed by atoms with E-state index in [0.29, 0.717) is 16.8 Å². The molecule has 2 aromatic carbocycles. The summed E-state index contributed by atoms with van der Waals surface area (Å²) < 4.78 is 0. The summed E-state index contributed by atoms with van der Waals surface area (Å²) in [4.78, 5) is 17.5. The molecule has 0 aliphatic carbocycles. The summed E-state index contributed by atoms with van der Waals surface area (Å²) in [6, 6.07) is 25.5. The molecule has 2 N–H and O–H groups in total. The number of amides is 1. The Kier molecular flexibility index (Phi) is 6.69. The van der Waals surface area contributed by atoms with Crippen molar-refractivity contribution in [3.63, 3.8) is 0 Å². The lowest BCUT2D eigenvalue weighted by molar-refractivity contribution is -0.113. The predicted molar refractivity (Wildman–Crippen MR) is 128 cm³/mol. The van der Waals surface area contributed by atoms with Crippen molar-refractivity contribution >= 4 is 23.4 Å². The van der Waals surface area contributed by atoms with Crippen LogP contribution in [0.2, 0.25) is 0 Å². The van der Waals surface area contributed by atoms with Gasteiger partial charge >= 0.3 is 0 Å². The van der Waals surface area contributed by atoms with Crippen molar-refractivity contribution in [2.24, 2.45) is 0 Å². The minimum Gasteiger partial charge on any atom is -0.353 e. The highest BCUT2D eigenvalue weighted by Crippen LogP contribution is 2.41.